The molecule has 0 radical (unpaired) electrons. The predicted octanol–water partition coefficient (Wildman–Crippen LogP) is 3.33. The summed E-state index contributed by atoms with van der Waals surface area (Å²) in [5.41, 5.74) is 1.06. The highest BCUT2D eigenvalue weighted by molar-refractivity contribution is 7.91. The minimum absolute atomic E-state index is 0.0291. The number of aromatic nitrogens is 4. The van der Waals surface area contributed by atoms with Crippen molar-refractivity contribution in [3.63, 3.8) is 0 Å². The normalized spacial score (nSPS) is 17.3. The number of piperidine rings is 1. The summed E-state index contributed by atoms with van der Waals surface area (Å²) in [6.45, 7) is 2.04. The number of para-hydroxylation sites is 1. The number of ether oxygens (including phenoxy) is 2. The van der Waals surface area contributed by atoms with Crippen LogP contribution in [0.4, 0.5) is 5.69 Å². The molecule has 1 aliphatic heterocycles. The molecule has 1 fully saturated rings. The fourth-order valence-electron chi connectivity index (χ4n) is 4.90. The first-order valence-electron chi connectivity index (χ1n) is 12.6. The zero-order valence-electron chi connectivity index (χ0n) is 22.5. The van der Waals surface area contributed by atoms with Crippen LogP contribution >= 0.6 is 11.6 Å². The summed E-state index contributed by atoms with van der Waals surface area (Å²) in [6, 6.07) is 12.2. The second kappa shape index (κ2) is 11.4. The van der Waals surface area contributed by atoms with Crippen LogP contribution in [0, 0.1) is 18.3 Å². The van der Waals surface area contributed by atoms with Gasteiger partial charge < -0.3 is 23.9 Å². The maximum atomic E-state index is 13.9. The molecule has 3 aromatic heterocycles. The van der Waals surface area contributed by atoms with E-state index in [1.54, 1.807) is 46.7 Å². The fourth-order valence-corrected chi connectivity index (χ4v) is 6.75. The topological polar surface area (TPSA) is 157 Å². The van der Waals surface area contributed by atoms with Gasteiger partial charge in [0.25, 0.3) is 0 Å². The number of aryl methyl sites for hydroxylation is 1. The molecule has 0 saturated carbocycles. The summed E-state index contributed by atoms with van der Waals surface area (Å²) in [6.07, 6.45) is 0.549. The summed E-state index contributed by atoms with van der Waals surface area (Å²) >= 11 is 5.97. The lowest BCUT2D eigenvalue weighted by Gasteiger charge is -2.36. The average molecular weight is 599 g/mol. The van der Waals surface area contributed by atoms with Crippen LogP contribution in [0.3, 0.4) is 0 Å². The molecule has 14 heteroatoms. The lowest BCUT2D eigenvalue weighted by atomic mass is 10.1. The molecule has 4 heterocycles. The van der Waals surface area contributed by atoms with Gasteiger partial charge >= 0.3 is 0 Å². The lowest BCUT2D eigenvalue weighted by Crippen LogP contribution is -2.49. The molecule has 4 aromatic rings. The molecule has 1 N–H and O–H groups in total. The number of rotatable bonds is 8. The maximum absolute atomic E-state index is 13.9. The summed E-state index contributed by atoms with van der Waals surface area (Å²) < 4.78 is 46.4. The number of hydrogen-bond donors (Lipinski definition) is 1. The molecule has 41 heavy (non-hydrogen) atoms. The van der Waals surface area contributed by atoms with E-state index in [-0.39, 0.29) is 41.9 Å². The number of hydrogen-bond acceptors (Lipinski definition) is 11. The quantitative estimate of drug-likeness (QED) is 0.297. The summed E-state index contributed by atoms with van der Waals surface area (Å²) in [7, 11) is -0.922. The zero-order valence-corrected chi connectivity index (χ0v) is 24.1. The van der Waals surface area contributed by atoms with Gasteiger partial charge in [-0.2, -0.15) is 5.26 Å². The molecular weight excluding hydrogens is 572 g/mol. The van der Waals surface area contributed by atoms with E-state index in [0.717, 1.165) is 0 Å². The number of sulfone groups is 1. The van der Waals surface area contributed by atoms with Gasteiger partial charge in [0.2, 0.25) is 5.82 Å². The van der Waals surface area contributed by atoms with Gasteiger partial charge in [-0.25, -0.2) is 13.4 Å². The van der Waals surface area contributed by atoms with Crippen LogP contribution < -0.4 is 14.4 Å². The van der Waals surface area contributed by atoms with Crippen molar-refractivity contribution in [2.45, 2.75) is 30.5 Å². The third-order valence-corrected chi connectivity index (χ3v) is 9.17. The van der Waals surface area contributed by atoms with Crippen LogP contribution in [-0.4, -0.2) is 71.9 Å². The molecule has 0 bridgehead atoms. The second-order valence-electron chi connectivity index (χ2n) is 9.56. The monoisotopic (exact) mass is 598 g/mol. The highest BCUT2D eigenvalue weighted by atomic mass is 35.5. The van der Waals surface area contributed by atoms with Crippen molar-refractivity contribution in [3.05, 3.63) is 64.9 Å². The molecule has 1 aliphatic rings. The number of β-amino-alcohol motifs (C(OH)–C–C–N with tert-alkyl or cyclic N) is 1. The van der Waals surface area contributed by atoms with E-state index in [4.69, 9.17) is 25.5 Å². The number of furan rings is 1. The Morgan fingerprint density at radius 1 is 1.17 bits per heavy atom. The molecule has 0 amide bonds. The number of pyridine rings is 1. The van der Waals surface area contributed by atoms with Crippen molar-refractivity contribution in [1.29, 1.82) is 5.26 Å². The van der Waals surface area contributed by atoms with E-state index < -0.39 is 26.9 Å². The Morgan fingerprint density at radius 3 is 2.54 bits per heavy atom. The van der Waals surface area contributed by atoms with E-state index in [2.05, 4.69) is 15.2 Å². The predicted molar refractivity (Wildman–Crippen MR) is 150 cm³/mol. The van der Waals surface area contributed by atoms with Gasteiger partial charge in [0.05, 0.1) is 43.0 Å². The average Bonchev–Trinajstić information content (AvgIpc) is 3.57. The van der Waals surface area contributed by atoms with Crippen LogP contribution in [-0.2, 0) is 15.6 Å². The lowest BCUT2D eigenvalue weighted by molar-refractivity contribution is 0.155. The largest absolute Gasteiger partial charge is 0.494 e. The van der Waals surface area contributed by atoms with Gasteiger partial charge in [0, 0.05) is 13.1 Å². The molecule has 214 valence electrons. The molecule has 2 atom stereocenters. The van der Waals surface area contributed by atoms with Crippen LogP contribution in [0.15, 0.2) is 47.0 Å². The van der Waals surface area contributed by atoms with Crippen molar-refractivity contribution < 1.29 is 27.4 Å². The SMILES string of the molecule is COc1cccc(OC)c1-n1c(CS(=O)(=O)[C@H]2C[C@@H](O)CN(c3cnc(Cl)c(C#N)c3)C2)nnc1-c1ccc(C)o1. The Labute approximate surface area is 241 Å². The van der Waals surface area contributed by atoms with Gasteiger partial charge in [-0.05, 0) is 43.7 Å². The highest BCUT2D eigenvalue weighted by Gasteiger charge is 2.37. The molecule has 12 nitrogen and oxygen atoms in total. The Balaban J connectivity index is 1.55. The minimum atomic E-state index is -3.92. The number of anilines is 1. The number of nitriles is 1. The van der Waals surface area contributed by atoms with Gasteiger partial charge in [0.15, 0.2) is 21.4 Å². The van der Waals surface area contributed by atoms with Crippen molar-refractivity contribution in [1.82, 2.24) is 19.7 Å². The van der Waals surface area contributed by atoms with Crippen molar-refractivity contribution in [2.24, 2.45) is 0 Å². The van der Waals surface area contributed by atoms with Gasteiger partial charge in [-0.3, -0.25) is 4.57 Å². The van der Waals surface area contributed by atoms with Crippen molar-refractivity contribution in [3.8, 4) is 34.8 Å². The van der Waals surface area contributed by atoms with Gasteiger partial charge in [-0.15, -0.1) is 10.2 Å². The molecule has 1 aromatic carbocycles. The zero-order chi connectivity index (χ0) is 29.3. The van der Waals surface area contributed by atoms with E-state index >= 15 is 0 Å². The Kier molecular flexibility index (Phi) is 7.90. The number of halogens is 1. The Bertz CT molecular complexity index is 1710. The smallest absolute Gasteiger partial charge is 0.204 e. The molecule has 5 rings (SSSR count). The number of aliphatic hydroxyl groups excluding tert-OH is 1. The highest BCUT2D eigenvalue weighted by Crippen LogP contribution is 2.37. The summed E-state index contributed by atoms with van der Waals surface area (Å²) in [4.78, 5) is 5.72. The second-order valence-corrected chi connectivity index (χ2v) is 12.2. The van der Waals surface area contributed by atoms with E-state index in [9.17, 15) is 18.8 Å². The summed E-state index contributed by atoms with van der Waals surface area (Å²) in [5, 5.41) is 27.6. The molecule has 0 spiro atoms. The van der Waals surface area contributed by atoms with Crippen LogP contribution in [0.1, 0.15) is 23.6 Å². The van der Waals surface area contributed by atoms with Crippen LogP contribution in [0.2, 0.25) is 5.15 Å². The third kappa shape index (κ3) is 5.58. The number of nitrogens with zero attached hydrogens (tertiary/aromatic N) is 6. The van der Waals surface area contributed by atoms with Gasteiger partial charge in [0.1, 0.15) is 39.9 Å². The summed E-state index contributed by atoms with van der Waals surface area (Å²) in [5.74, 6) is 1.74. The van der Waals surface area contributed by atoms with E-state index in [1.807, 2.05) is 6.07 Å². The Morgan fingerprint density at radius 2 is 1.90 bits per heavy atom. The van der Waals surface area contributed by atoms with Crippen LogP contribution in [0.5, 0.6) is 11.5 Å². The first kappa shape index (κ1) is 28.4. The third-order valence-electron chi connectivity index (χ3n) is 6.85. The maximum Gasteiger partial charge on any atom is 0.204 e. The Hall–Kier alpha value is -4.12. The van der Waals surface area contributed by atoms with Gasteiger partial charge in [-0.1, -0.05) is 17.7 Å². The minimum Gasteiger partial charge on any atom is -0.494 e. The van der Waals surface area contributed by atoms with Crippen molar-refractivity contribution in [2.75, 3.05) is 32.2 Å². The number of aliphatic hydroxyl groups is 1. The fraction of sp³-hybridized carbons (Fsp3) is 0.333. The molecular formula is C27H27ClN6O6S. The van der Waals surface area contributed by atoms with Crippen LogP contribution in [0.25, 0.3) is 17.3 Å². The van der Waals surface area contributed by atoms with E-state index in [1.165, 1.54) is 26.5 Å². The van der Waals surface area contributed by atoms with Crippen molar-refractivity contribution >= 4 is 27.1 Å². The number of methoxy groups -OCH3 is 2. The molecule has 1 saturated heterocycles. The molecule has 0 unspecified atom stereocenters. The molecule has 0 aliphatic carbocycles. The first-order chi connectivity index (χ1) is 19.6. The standard InChI is InChI=1S/C27H27ClN6O6S/c1-16-7-8-23(40-16)27-32-31-24(34(27)25-21(38-2)5-4-6-22(25)39-3)15-41(36,37)20-10-19(35)13-33(14-20)18-9-17(11-29)26(28)30-12-18/h4-9,12,19-20,35H,10,13-15H2,1-3H3/t19-,20+/m1/s1. The first-order valence-corrected chi connectivity index (χ1v) is 14.7. The number of benzene rings is 1. The van der Waals surface area contributed by atoms with E-state index in [0.29, 0.717) is 34.4 Å².